The van der Waals surface area contributed by atoms with Crippen molar-refractivity contribution in [1.82, 2.24) is 4.98 Å². The van der Waals surface area contributed by atoms with Crippen molar-refractivity contribution in [2.24, 2.45) is 0 Å². The molecular weight excluding hydrogens is 236 g/mol. The van der Waals surface area contributed by atoms with Crippen LogP contribution in [0.5, 0.6) is 0 Å². The summed E-state index contributed by atoms with van der Waals surface area (Å²) < 4.78 is 0. The van der Waals surface area contributed by atoms with Crippen LogP contribution in [-0.2, 0) is 0 Å². The molecule has 1 saturated carbocycles. The summed E-state index contributed by atoms with van der Waals surface area (Å²) in [4.78, 5) is 24.8. The second-order valence-electron chi connectivity index (χ2n) is 4.51. The molecule has 0 atom stereocenters. The van der Waals surface area contributed by atoms with E-state index in [-0.39, 0.29) is 17.4 Å². The third kappa shape index (κ3) is 2.47. The van der Waals surface area contributed by atoms with Gasteiger partial charge in [0, 0.05) is 0 Å². The average Bonchev–Trinajstić information content (AvgIpc) is 2.39. The summed E-state index contributed by atoms with van der Waals surface area (Å²) in [5.74, 6) is -1.41. The van der Waals surface area contributed by atoms with Gasteiger partial charge in [-0.2, -0.15) is 0 Å². The average molecular weight is 250 g/mol. The number of carbonyl (C=O) groups is 1. The molecule has 1 heterocycles. The predicted octanol–water partition coefficient (Wildman–Crippen LogP) is 2.74. The van der Waals surface area contributed by atoms with Crippen LogP contribution in [0.2, 0.25) is 0 Å². The van der Waals surface area contributed by atoms with E-state index in [1.807, 2.05) is 0 Å². The largest absolute Gasteiger partial charge is 0.475 e. The highest BCUT2D eigenvalue weighted by atomic mass is 16.6. The van der Waals surface area contributed by atoms with Crippen LogP contribution in [0.1, 0.15) is 54.1 Å². The molecule has 1 aliphatic rings. The summed E-state index contributed by atoms with van der Waals surface area (Å²) in [6, 6.07) is 2.89. The van der Waals surface area contributed by atoms with E-state index in [0.29, 0.717) is 5.56 Å². The van der Waals surface area contributed by atoms with E-state index in [0.717, 1.165) is 32.1 Å². The first-order valence-corrected chi connectivity index (χ1v) is 5.98. The number of nitro groups is 1. The Balaban J connectivity index is 2.39. The Labute approximate surface area is 104 Å². The van der Waals surface area contributed by atoms with Gasteiger partial charge in [-0.3, -0.25) is 0 Å². The van der Waals surface area contributed by atoms with Gasteiger partial charge in [0.25, 0.3) is 5.69 Å². The van der Waals surface area contributed by atoms with Crippen LogP contribution in [0, 0.1) is 10.1 Å². The number of hydrogen-bond donors (Lipinski definition) is 1. The molecule has 0 amide bonds. The maximum atomic E-state index is 11.0. The summed E-state index contributed by atoms with van der Waals surface area (Å²) in [5, 5.41) is 19.8. The highest BCUT2D eigenvalue weighted by molar-refractivity contribution is 5.85. The number of carboxylic acids is 1. The quantitative estimate of drug-likeness (QED) is 0.657. The van der Waals surface area contributed by atoms with E-state index < -0.39 is 10.9 Å². The number of rotatable bonds is 3. The van der Waals surface area contributed by atoms with Crippen molar-refractivity contribution in [3.8, 4) is 0 Å². The number of hydrogen-bond acceptors (Lipinski definition) is 4. The van der Waals surface area contributed by atoms with Crippen LogP contribution < -0.4 is 0 Å². The first-order chi connectivity index (χ1) is 8.59. The molecule has 0 unspecified atom stereocenters. The van der Waals surface area contributed by atoms with Gasteiger partial charge in [-0.1, -0.05) is 19.3 Å². The first kappa shape index (κ1) is 12.5. The molecule has 1 fully saturated rings. The van der Waals surface area contributed by atoms with Crippen molar-refractivity contribution in [2.45, 2.75) is 38.0 Å². The van der Waals surface area contributed by atoms with Gasteiger partial charge in [0.05, 0.1) is 5.56 Å². The second kappa shape index (κ2) is 5.12. The Morgan fingerprint density at radius 3 is 2.56 bits per heavy atom. The topological polar surface area (TPSA) is 93.3 Å². The van der Waals surface area contributed by atoms with Gasteiger partial charge in [0.2, 0.25) is 0 Å². The molecule has 0 aliphatic heterocycles. The van der Waals surface area contributed by atoms with E-state index >= 15 is 0 Å². The SMILES string of the molecule is O=C(O)c1ccc(C2CCCCC2)c([N+](=O)[O-])n1. The smallest absolute Gasteiger partial charge is 0.380 e. The highest BCUT2D eigenvalue weighted by Gasteiger charge is 2.27. The summed E-state index contributed by atoms with van der Waals surface area (Å²) in [6.07, 6.45) is 5.10. The van der Waals surface area contributed by atoms with Crippen LogP contribution in [0.15, 0.2) is 12.1 Å². The fourth-order valence-corrected chi connectivity index (χ4v) is 2.46. The lowest BCUT2D eigenvalue weighted by Gasteiger charge is -2.21. The minimum absolute atomic E-state index is 0.134. The minimum atomic E-state index is -1.24. The maximum absolute atomic E-state index is 11.0. The van der Waals surface area contributed by atoms with Crippen molar-refractivity contribution >= 4 is 11.8 Å². The fraction of sp³-hybridized carbons (Fsp3) is 0.500. The molecule has 1 N–H and O–H groups in total. The molecule has 6 heteroatoms. The van der Waals surface area contributed by atoms with Gasteiger partial charge in [-0.05, 0) is 40.8 Å². The van der Waals surface area contributed by atoms with Gasteiger partial charge >= 0.3 is 11.8 Å². The van der Waals surface area contributed by atoms with E-state index in [9.17, 15) is 14.9 Å². The zero-order valence-corrected chi connectivity index (χ0v) is 9.83. The van der Waals surface area contributed by atoms with E-state index in [4.69, 9.17) is 5.11 Å². The van der Waals surface area contributed by atoms with Crippen LogP contribution in [-0.4, -0.2) is 21.0 Å². The molecule has 0 spiro atoms. The Morgan fingerprint density at radius 1 is 1.33 bits per heavy atom. The van der Waals surface area contributed by atoms with Crippen LogP contribution in [0.3, 0.4) is 0 Å². The van der Waals surface area contributed by atoms with Crippen molar-refractivity contribution in [3.05, 3.63) is 33.5 Å². The Morgan fingerprint density at radius 2 is 2.00 bits per heavy atom. The summed E-state index contributed by atoms with van der Waals surface area (Å²) in [7, 11) is 0. The number of aromatic carboxylic acids is 1. The summed E-state index contributed by atoms with van der Waals surface area (Å²) in [6.45, 7) is 0. The minimum Gasteiger partial charge on any atom is -0.475 e. The Hall–Kier alpha value is -1.98. The number of aromatic nitrogens is 1. The van der Waals surface area contributed by atoms with Crippen molar-refractivity contribution < 1.29 is 14.8 Å². The summed E-state index contributed by atoms with van der Waals surface area (Å²) in [5.41, 5.74) is 0.297. The molecule has 1 aromatic rings. The highest BCUT2D eigenvalue weighted by Crippen LogP contribution is 2.36. The zero-order chi connectivity index (χ0) is 13.1. The molecule has 0 aromatic carbocycles. The molecule has 1 aliphatic carbocycles. The van der Waals surface area contributed by atoms with Gasteiger partial charge in [0.1, 0.15) is 0 Å². The standard InChI is InChI=1S/C12H14N2O4/c15-12(16)10-7-6-9(11(13-10)14(17)18)8-4-2-1-3-5-8/h6-8H,1-5H2,(H,15,16). The van der Waals surface area contributed by atoms with Gasteiger partial charge in [-0.25, -0.2) is 4.79 Å². The van der Waals surface area contributed by atoms with Crippen molar-refractivity contribution in [2.75, 3.05) is 0 Å². The molecule has 0 radical (unpaired) electrons. The molecule has 2 rings (SSSR count). The molecule has 1 aromatic heterocycles. The predicted molar refractivity (Wildman–Crippen MR) is 63.7 cm³/mol. The normalized spacial score (nSPS) is 16.4. The number of pyridine rings is 1. The van der Waals surface area contributed by atoms with Crippen LogP contribution in [0.4, 0.5) is 5.82 Å². The zero-order valence-electron chi connectivity index (χ0n) is 9.83. The Bertz CT molecular complexity index is 481. The molecule has 6 nitrogen and oxygen atoms in total. The molecule has 18 heavy (non-hydrogen) atoms. The van der Waals surface area contributed by atoms with E-state index in [1.54, 1.807) is 6.07 Å². The number of carboxylic acid groups (broad SMARTS) is 1. The van der Waals surface area contributed by atoms with E-state index in [1.165, 1.54) is 6.07 Å². The van der Waals surface area contributed by atoms with Crippen molar-refractivity contribution in [1.29, 1.82) is 0 Å². The first-order valence-electron chi connectivity index (χ1n) is 5.98. The van der Waals surface area contributed by atoms with Gasteiger partial charge in [0.15, 0.2) is 0 Å². The fourth-order valence-electron chi connectivity index (χ4n) is 2.46. The third-order valence-corrected chi connectivity index (χ3v) is 3.34. The molecule has 0 saturated heterocycles. The molecule has 0 bridgehead atoms. The van der Waals surface area contributed by atoms with Crippen LogP contribution >= 0.6 is 0 Å². The monoisotopic (exact) mass is 250 g/mol. The third-order valence-electron chi connectivity index (χ3n) is 3.34. The number of nitrogens with zero attached hydrogens (tertiary/aromatic N) is 2. The Kier molecular flexibility index (Phi) is 3.55. The lowest BCUT2D eigenvalue weighted by Crippen LogP contribution is -2.11. The maximum Gasteiger partial charge on any atom is 0.380 e. The van der Waals surface area contributed by atoms with E-state index in [2.05, 4.69) is 4.98 Å². The summed E-state index contributed by atoms with van der Waals surface area (Å²) >= 11 is 0. The van der Waals surface area contributed by atoms with Crippen LogP contribution in [0.25, 0.3) is 0 Å². The van der Waals surface area contributed by atoms with Gasteiger partial charge < -0.3 is 15.2 Å². The second-order valence-corrected chi connectivity index (χ2v) is 4.51. The molecule has 96 valence electrons. The van der Waals surface area contributed by atoms with Gasteiger partial charge in [-0.15, -0.1) is 0 Å². The lowest BCUT2D eigenvalue weighted by molar-refractivity contribution is -0.390. The lowest BCUT2D eigenvalue weighted by atomic mass is 9.84. The molecular formula is C12H14N2O4. The van der Waals surface area contributed by atoms with Crippen molar-refractivity contribution in [3.63, 3.8) is 0 Å².